The maximum Gasteiger partial charge on any atom is 0.329 e. The molecule has 0 aromatic heterocycles. The Bertz CT molecular complexity index is 1160. The van der Waals surface area contributed by atoms with Crippen molar-refractivity contribution in [3.63, 3.8) is 0 Å². The van der Waals surface area contributed by atoms with E-state index in [0.29, 0.717) is 43.5 Å². The highest BCUT2D eigenvalue weighted by atomic mass is 19.1. The van der Waals surface area contributed by atoms with E-state index in [2.05, 4.69) is 5.32 Å². The number of carbonyl (C=O) groups is 5. The summed E-state index contributed by atoms with van der Waals surface area (Å²) in [4.78, 5) is 67.8. The maximum atomic E-state index is 13.9. The quantitative estimate of drug-likeness (QED) is 0.341. The average Bonchev–Trinajstić information content (AvgIpc) is 3.52. The molecule has 2 aliphatic heterocycles. The van der Waals surface area contributed by atoms with Crippen LogP contribution in [0.1, 0.15) is 58.1 Å². The molecule has 7 atom stereocenters. The molecule has 226 valence electrons. The average molecular weight is 576 g/mol. The van der Waals surface area contributed by atoms with Gasteiger partial charge in [0.05, 0.1) is 18.1 Å². The van der Waals surface area contributed by atoms with Gasteiger partial charge in [-0.15, -0.1) is 0 Å². The highest BCUT2D eigenvalue weighted by Crippen LogP contribution is 2.26. The van der Waals surface area contributed by atoms with E-state index in [1.807, 2.05) is 6.92 Å². The van der Waals surface area contributed by atoms with Crippen LogP contribution in [0.15, 0.2) is 18.2 Å². The largest absolute Gasteiger partial charge is 0.458 e. The Kier molecular flexibility index (Phi) is 10.6. The van der Waals surface area contributed by atoms with E-state index in [9.17, 15) is 28.4 Å². The summed E-state index contributed by atoms with van der Waals surface area (Å²) in [5.41, 5.74) is 13.1. The van der Waals surface area contributed by atoms with Gasteiger partial charge in [0.2, 0.25) is 17.7 Å². The summed E-state index contributed by atoms with van der Waals surface area (Å²) >= 11 is 0. The summed E-state index contributed by atoms with van der Waals surface area (Å²) in [6.45, 7) is 8.68. The number of hydrogen-bond donors (Lipinski definition) is 3. The minimum absolute atomic E-state index is 0.00754. The SMILES string of the molecule is CC(=O)[C@@H]1CCCN1C(=O)[C@@H](NC(=O)[C@@H](N)Cc1cc(C)cc(F)c1)[C@H](C)OC(=O)[C@@H]1C[C@H](C)CN1C(=O)[C@H](C)N. The van der Waals surface area contributed by atoms with Gasteiger partial charge in [-0.05, 0) is 82.6 Å². The molecule has 1 aromatic rings. The van der Waals surface area contributed by atoms with E-state index in [1.165, 1.54) is 42.7 Å². The number of benzene rings is 1. The number of nitrogens with one attached hydrogen (secondary N) is 1. The number of ether oxygens (including phenoxy) is 1. The monoisotopic (exact) mass is 575 g/mol. The molecule has 2 heterocycles. The number of nitrogens with two attached hydrogens (primary N) is 2. The molecule has 5 N–H and O–H groups in total. The van der Waals surface area contributed by atoms with E-state index >= 15 is 0 Å². The number of aryl methyl sites for hydroxylation is 1. The smallest absolute Gasteiger partial charge is 0.329 e. The zero-order valence-electron chi connectivity index (χ0n) is 24.4. The summed E-state index contributed by atoms with van der Waals surface area (Å²) in [6.07, 6.45) is 0.318. The van der Waals surface area contributed by atoms with Crippen molar-refractivity contribution in [3.05, 3.63) is 35.1 Å². The number of halogens is 1. The molecule has 3 rings (SSSR count). The first-order chi connectivity index (χ1) is 19.2. The number of carbonyl (C=O) groups excluding carboxylic acids is 5. The first kappa shape index (κ1) is 32.1. The van der Waals surface area contributed by atoms with Gasteiger partial charge in [0.25, 0.3) is 0 Å². The van der Waals surface area contributed by atoms with E-state index < -0.39 is 59.9 Å². The molecule has 3 amide bonds. The van der Waals surface area contributed by atoms with Crippen molar-refractivity contribution in [2.45, 2.75) is 96.6 Å². The Balaban J connectivity index is 1.81. The summed E-state index contributed by atoms with van der Waals surface area (Å²) in [6, 6.07) is -0.459. The lowest BCUT2D eigenvalue weighted by Crippen LogP contribution is -2.59. The van der Waals surface area contributed by atoms with Crippen LogP contribution in [0.5, 0.6) is 0 Å². The van der Waals surface area contributed by atoms with Crippen molar-refractivity contribution in [2.75, 3.05) is 13.1 Å². The van der Waals surface area contributed by atoms with Gasteiger partial charge < -0.3 is 31.3 Å². The van der Waals surface area contributed by atoms with Crippen LogP contribution in [0, 0.1) is 18.7 Å². The third-order valence-electron chi connectivity index (χ3n) is 7.69. The lowest BCUT2D eigenvalue weighted by molar-refractivity contribution is -0.161. The third-order valence-corrected chi connectivity index (χ3v) is 7.69. The minimum atomic E-state index is -1.34. The maximum absolute atomic E-state index is 13.9. The Labute approximate surface area is 240 Å². The summed E-state index contributed by atoms with van der Waals surface area (Å²) in [5, 5.41) is 2.62. The Hall–Kier alpha value is -3.38. The number of rotatable bonds is 10. The van der Waals surface area contributed by atoms with Crippen molar-refractivity contribution in [3.8, 4) is 0 Å². The lowest BCUT2D eigenvalue weighted by Gasteiger charge is -2.32. The van der Waals surface area contributed by atoms with Crippen molar-refractivity contribution in [1.29, 1.82) is 0 Å². The summed E-state index contributed by atoms with van der Waals surface area (Å²) in [5.74, 6) is -2.98. The molecule has 0 radical (unpaired) electrons. The van der Waals surface area contributed by atoms with Crippen LogP contribution >= 0.6 is 0 Å². The van der Waals surface area contributed by atoms with Gasteiger partial charge in [0.1, 0.15) is 24.0 Å². The summed E-state index contributed by atoms with van der Waals surface area (Å²) in [7, 11) is 0. The summed E-state index contributed by atoms with van der Waals surface area (Å²) < 4.78 is 19.6. The number of ketones is 1. The van der Waals surface area contributed by atoms with E-state index in [-0.39, 0.29) is 24.0 Å². The van der Waals surface area contributed by atoms with Crippen LogP contribution in [0.25, 0.3) is 0 Å². The van der Waals surface area contributed by atoms with Crippen molar-refractivity contribution in [1.82, 2.24) is 15.1 Å². The molecule has 12 heteroatoms. The molecule has 2 aliphatic rings. The normalized spacial score (nSPS) is 23.5. The predicted molar refractivity (Wildman–Crippen MR) is 149 cm³/mol. The van der Waals surface area contributed by atoms with Crippen LogP contribution in [0.3, 0.4) is 0 Å². The van der Waals surface area contributed by atoms with Crippen LogP contribution < -0.4 is 16.8 Å². The third kappa shape index (κ3) is 7.88. The fourth-order valence-electron chi connectivity index (χ4n) is 5.65. The minimum Gasteiger partial charge on any atom is -0.458 e. The first-order valence-corrected chi connectivity index (χ1v) is 14.1. The number of hydrogen-bond acceptors (Lipinski definition) is 8. The molecule has 0 aliphatic carbocycles. The second kappa shape index (κ2) is 13.5. The zero-order valence-corrected chi connectivity index (χ0v) is 24.4. The molecule has 2 fully saturated rings. The lowest BCUT2D eigenvalue weighted by atomic mass is 10.0. The molecule has 2 saturated heterocycles. The molecule has 0 unspecified atom stereocenters. The zero-order chi connectivity index (χ0) is 30.6. The number of esters is 1. The van der Waals surface area contributed by atoms with Crippen molar-refractivity contribution < 1.29 is 33.1 Å². The second-order valence-corrected chi connectivity index (χ2v) is 11.5. The predicted octanol–water partition coefficient (Wildman–Crippen LogP) is 0.585. The molecule has 0 bridgehead atoms. The Morgan fingerprint density at radius 3 is 2.37 bits per heavy atom. The molecular formula is C29H42FN5O6. The first-order valence-electron chi connectivity index (χ1n) is 14.1. The van der Waals surface area contributed by atoms with Gasteiger partial charge in [-0.3, -0.25) is 19.2 Å². The van der Waals surface area contributed by atoms with Gasteiger partial charge in [0, 0.05) is 13.1 Å². The van der Waals surface area contributed by atoms with Crippen molar-refractivity contribution in [2.24, 2.45) is 17.4 Å². The van der Waals surface area contributed by atoms with Gasteiger partial charge in [0.15, 0.2) is 5.78 Å². The van der Waals surface area contributed by atoms with E-state index in [4.69, 9.17) is 16.2 Å². The molecule has 11 nitrogen and oxygen atoms in total. The topological polar surface area (TPSA) is 165 Å². The fraction of sp³-hybridized carbons (Fsp3) is 0.621. The molecule has 0 spiro atoms. The van der Waals surface area contributed by atoms with Gasteiger partial charge >= 0.3 is 5.97 Å². The second-order valence-electron chi connectivity index (χ2n) is 11.5. The Morgan fingerprint density at radius 1 is 1.07 bits per heavy atom. The number of Topliss-reactive ketones (excluding diaryl/α,β-unsaturated/α-hetero) is 1. The van der Waals surface area contributed by atoms with Crippen LogP contribution in [0.4, 0.5) is 4.39 Å². The number of nitrogens with zero attached hydrogens (tertiary/aromatic N) is 2. The van der Waals surface area contributed by atoms with Crippen LogP contribution in [0.2, 0.25) is 0 Å². The van der Waals surface area contributed by atoms with Crippen LogP contribution in [-0.2, 0) is 35.1 Å². The Morgan fingerprint density at radius 2 is 1.76 bits per heavy atom. The number of likely N-dealkylation sites (tertiary alicyclic amines) is 2. The van der Waals surface area contributed by atoms with Gasteiger partial charge in [-0.1, -0.05) is 13.0 Å². The van der Waals surface area contributed by atoms with Crippen LogP contribution in [-0.4, -0.2) is 88.7 Å². The van der Waals surface area contributed by atoms with Crippen molar-refractivity contribution >= 4 is 29.5 Å². The number of amides is 3. The highest BCUT2D eigenvalue weighted by molar-refractivity contribution is 5.94. The molecule has 41 heavy (non-hydrogen) atoms. The van der Waals surface area contributed by atoms with E-state index in [0.717, 1.165) is 0 Å². The highest BCUT2D eigenvalue weighted by Gasteiger charge is 2.43. The fourth-order valence-corrected chi connectivity index (χ4v) is 5.65. The molecular weight excluding hydrogens is 533 g/mol. The van der Waals surface area contributed by atoms with E-state index in [1.54, 1.807) is 13.0 Å². The molecule has 1 aromatic carbocycles. The molecule has 0 saturated carbocycles. The van der Waals surface area contributed by atoms with Gasteiger partial charge in [-0.2, -0.15) is 0 Å². The van der Waals surface area contributed by atoms with Gasteiger partial charge in [-0.25, -0.2) is 9.18 Å². The standard InChI is InChI=1S/C29H42FN5O6/c1-15-9-20(12-21(30)10-15)13-22(32)26(37)33-25(28(39)34-8-6-7-23(34)18(4)36)19(5)41-29(40)24-11-16(2)14-35(24)27(38)17(3)31/h9-10,12,16-17,19,22-25H,6-8,11,13-14,31-32H2,1-5H3,(H,33,37)/t16-,17-,19-,22-,23-,24-,25-/m0/s1.